The molecule has 17 heavy (non-hydrogen) atoms. The maximum Gasteiger partial charge on any atom is 0.409 e. The van der Waals surface area contributed by atoms with E-state index >= 15 is 0 Å². The maximum atomic E-state index is 12.4. The number of ether oxygens (including phenoxy) is 1. The molecule has 0 N–H and O–H groups in total. The lowest BCUT2D eigenvalue weighted by Gasteiger charge is -2.08. The van der Waals surface area contributed by atoms with E-state index in [2.05, 4.69) is 4.74 Å². The normalized spacial score (nSPS) is 17.9. The standard InChI is InChI=1S/C8H6F8O/c9-5(1-3-7(11,12)13)17-6(10)2-4-8(14,15)16/h1-6H. The zero-order chi connectivity index (χ0) is 13.7. The molecule has 0 aliphatic heterocycles. The molecule has 0 aromatic carbocycles. The summed E-state index contributed by atoms with van der Waals surface area (Å²) in [6.07, 6.45) is -16.7. The molecule has 0 fully saturated rings. The van der Waals surface area contributed by atoms with E-state index in [1.165, 1.54) is 0 Å². The van der Waals surface area contributed by atoms with Crippen LogP contribution in [0.5, 0.6) is 0 Å². The third kappa shape index (κ3) is 11.1. The SMILES string of the molecule is FC(C=CC(F)(F)F)OC(F)C=CC(F)(F)F. The zero-order valence-corrected chi connectivity index (χ0v) is 7.90. The molecule has 0 aromatic rings. The summed E-state index contributed by atoms with van der Waals surface area (Å²) >= 11 is 0. The Morgan fingerprint density at radius 2 is 1.00 bits per heavy atom. The van der Waals surface area contributed by atoms with Crippen LogP contribution in [-0.2, 0) is 4.74 Å². The van der Waals surface area contributed by atoms with E-state index in [-0.39, 0.29) is 12.2 Å². The number of allylic oxidation sites excluding steroid dienone is 2. The van der Waals surface area contributed by atoms with Crippen LogP contribution in [0.4, 0.5) is 35.1 Å². The minimum Gasteiger partial charge on any atom is -0.307 e. The Bertz CT molecular complexity index is 248. The lowest BCUT2D eigenvalue weighted by molar-refractivity contribution is -0.104. The summed E-state index contributed by atoms with van der Waals surface area (Å²) in [5.74, 6) is 0. The summed E-state index contributed by atoms with van der Waals surface area (Å²) in [4.78, 5) is 0. The van der Waals surface area contributed by atoms with E-state index < -0.39 is 37.2 Å². The first-order chi connectivity index (χ1) is 7.49. The van der Waals surface area contributed by atoms with Crippen molar-refractivity contribution < 1.29 is 39.9 Å². The van der Waals surface area contributed by atoms with Crippen LogP contribution in [-0.4, -0.2) is 25.1 Å². The molecular weight excluding hydrogens is 264 g/mol. The van der Waals surface area contributed by atoms with Crippen molar-refractivity contribution in [2.24, 2.45) is 0 Å². The summed E-state index contributed by atoms with van der Waals surface area (Å²) in [7, 11) is 0. The molecular formula is C8H6F8O. The van der Waals surface area contributed by atoms with Crippen molar-refractivity contribution >= 4 is 0 Å². The van der Waals surface area contributed by atoms with E-state index in [0.29, 0.717) is 0 Å². The minimum atomic E-state index is -4.82. The Kier molecular flexibility index (Phi) is 5.59. The second kappa shape index (κ2) is 5.99. The third-order valence-electron chi connectivity index (χ3n) is 1.13. The maximum absolute atomic E-state index is 12.4. The average molecular weight is 270 g/mol. The summed E-state index contributed by atoms with van der Waals surface area (Å²) in [6.45, 7) is 0. The third-order valence-corrected chi connectivity index (χ3v) is 1.13. The summed E-state index contributed by atoms with van der Waals surface area (Å²) in [5.41, 5.74) is 0. The van der Waals surface area contributed by atoms with Gasteiger partial charge in [-0.3, -0.25) is 0 Å². The molecule has 0 radical (unpaired) electrons. The first-order valence-electron chi connectivity index (χ1n) is 3.95. The van der Waals surface area contributed by atoms with Crippen LogP contribution >= 0.6 is 0 Å². The van der Waals surface area contributed by atoms with Gasteiger partial charge in [-0.15, -0.1) is 0 Å². The molecule has 0 aromatic heterocycles. The van der Waals surface area contributed by atoms with Gasteiger partial charge in [0.05, 0.1) is 0 Å². The average Bonchev–Trinajstić information content (AvgIpc) is 2.09. The van der Waals surface area contributed by atoms with Crippen molar-refractivity contribution in [3.05, 3.63) is 24.3 Å². The Hall–Kier alpha value is -1.12. The largest absolute Gasteiger partial charge is 0.409 e. The Labute approximate surface area is 90.4 Å². The second-order valence-corrected chi connectivity index (χ2v) is 2.64. The Balaban J connectivity index is 4.18. The van der Waals surface area contributed by atoms with Gasteiger partial charge in [0.1, 0.15) is 0 Å². The van der Waals surface area contributed by atoms with Gasteiger partial charge in [-0.1, -0.05) is 0 Å². The van der Waals surface area contributed by atoms with Crippen molar-refractivity contribution in [1.29, 1.82) is 0 Å². The van der Waals surface area contributed by atoms with Gasteiger partial charge in [0, 0.05) is 12.2 Å². The van der Waals surface area contributed by atoms with Crippen molar-refractivity contribution in [2.45, 2.75) is 25.1 Å². The van der Waals surface area contributed by atoms with Crippen molar-refractivity contribution in [3.63, 3.8) is 0 Å². The monoisotopic (exact) mass is 270 g/mol. The van der Waals surface area contributed by atoms with Crippen LogP contribution in [0.25, 0.3) is 0 Å². The second-order valence-electron chi connectivity index (χ2n) is 2.64. The molecule has 0 saturated heterocycles. The highest BCUT2D eigenvalue weighted by atomic mass is 19.4. The molecule has 0 rings (SSSR count). The summed E-state index contributed by atoms with van der Waals surface area (Å²) < 4.78 is 97.4. The zero-order valence-electron chi connectivity index (χ0n) is 7.90. The van der Waals surface area contributed by atoms with Crippen molar-refractivity contribution in [1.82, 2.24) is 0 Å². The lowest BCUT2D eigenvalue weighted by Crippen LogP contribution is -2.13. The van der Waals surface area contributed by atoms with Gasteiger partial charge < -0.3 is 4.74 Å². The molecule has 100 valence electrons. The van der Waals surface area contributed by atoms with Crippen molar-refractivity contribution in [3.8, 4) is 0 Å². The number of rotatable bonds is 4. The van der Waals surface area contributed by atoms with Gasteiger partial charge >= 0.3 is 12.4 Å². The number of alkyl halides is 8. The quantitative estimate of drug-likeness (QED) is 0.557. The minimum absolute atomic E-state index is 0.173. The molecule has 0 amide bonds. The number of halogens is 8. The van der Waals surface area contributed by atoms with E-state index in [1.807, 2.05) is 0 Å². The molecule has 0 saturated carbocycles. The van der Waals surface area contributed by atoms with E-state index in [0.717, 1.165) is 0 Å². The topological polar surface area (TPSA) is 9.23 Å². The molecule has 0 aliphatic carbocycles. The first-order valence-corrected chi connectivity index (χ1v) is 3.95. The molecule has 0 bridgehead atoms. The predicted molar refractivity (Wildman–Crippen MR) is 41.3 cm³/mol. The van der Waals surface area contributed by atoms with Gasteiger partial charge in [-0.05, 0) is 12.2 Å². The molecule has 2 unspecified atom stereocenters. The first kappa shape index (κ1) is 15.9. The fraction of sp³-hybridized carbons (Fsp3) is 0.500. The molecule has 0 spiro atoms. The highest BCUT2D eigenvalue weighted by Crippen LogP contribution is 2.19. The van der Waals surface area contributed by atoms with E-state index in [9.17, 15) is 35.1 Å². The van der Waals surface area contributed by atoms with Crippen LogP contribution in [0.2, 0.25) is 0 Å². The molecule has 0 aliphatic rings. The van der Waals surface area contributed by atoms with Gasteiger partial charge in [-0.25, -0.2) is 8.78 Å². The van der Waals surface area contributed by atoms with E-state index in [4.69, 9.17) is 0 Å². The predicted octanol–water partition coefficient (Wildman–Crippen LogP) is 3.83. The summed E-state index contributed by atoms with van der Waals surface area (Å²) in [5, 5.41) is 0. The van der Waals surface area contributed by atoms with Gasteiger partial charge in [0.25, 0.3) is 0 Å². The smallest absolute Gasteiger partial charge is 0.307 e. The van der Waals surface area contributed by atoms with Crippen LogP contribution in [0.3, 0.4) is 0 Å². The lowest BCUT2D eigenvalue weighted by atomic mass is 10.4. The summed E-state index contributed by atoms with van der Waals surface area (Å²) in [6, 6.07) is 0. The van der Waals surface area contributed by atoms with Crippen LogP contribution in [0.15, 0.2) is 24.3 Å². The van der Waals surface area contributed by atoms with Crippen molar-refractivity contribution in [2.75, 3.05) is 0 Å². The van der Waals surface area contributed by atoms with E-state index in [1.54, 1.807) is 0 Å². The van der Waals surface area contributed by atoms with Crippen LogP contribution in [0, 0.1) is 0 Å². The highest BCUT2D eigenvalue weighted by Gasteiger charge is 2.25. The van der Waals surface area contributed by atoms with Crippen LogP contribution in [0.1, 0.15) is 0 Å². The Morgan fingerprint density at radius 3 is 1.24 bits per heavy atom. The van der Waals surface area contributed by atoms with Crippen LogP contribution < -0.4 is 0 Å². The van der Waals surface area contributed by atoms with Gasteiger partial charge in [0.15, 0.2) is 0 Å². The fourth-order valence-corrected chi connectivity index (χ4v) is 0.584. The molecule has 0 heterocycles. The number of hydrogen-bond donors (Lipinski definition) is 0. The highest BCUT2D eigenvalue weighted by molar-refractivity contribution is 4.94. The fourth-order valence-electron chi connectivity index (χ4n) is 0.584. The molecule has 9 heteroatoms. The number of hydrogen-bond acceptors (Lipinski definition) is 1. The Morgan fingerprint density at radius 1 is 0.706 bits per heavy atom. The molecule has 2 atom stereocenters. The van der Waals surface area contributed by atoms with Gasteiger partial charge in [-0.2, -0.15) is 26.3 Å². The molecule has 1 nitrogen and oxygen atoms in total. The van der Waals surface area contributed by atoms with Gasteiger partial charge in [0.2, 0.25) is 12.7 Å².